The molecular weight excluding hydrogens is 454 g/mol. The number of carbonyl (C=O) groups is 1. The van der Waals surface area contributed by atoms with Crippen LogP contribution in [-0.4, -0.2) is 54.8 Å². The minimum atomic E-state index is -0.0883. The van der Waals surface area contributed by atoms with Crippen molar-refractivity contribution in [3.63, 3.8) is 0 Å². The van der Waals surface area contributed by atoms with Crippen LogP contribution in [0.2, 0.25) is 0 Å². The summed E-state index contributed by atoms with van der Waals surface area (Å²) in [5.74, 6) is 1.85. The lowest BCUT2D eigenvalue weighted by Gasteiger charge is -2.32. The Bertz CT molecular complexity index is 1190. The molecule has 7 nitrogen and oxygen atoms in total. The van der Waals surface area contributed by atoms with Gasteiger partial charge in [0.25, 0.3) is 5.91 Å². The smallest absolute Gasteiger partial charge is 0.253 e. The summed E-state index contributed by atoms with van der Waals surface area (Å²) in [4.78, 5) is 20.3. The van der Waals surface area contributed by atoms with Crippen LogP contribution in [0.4, 0.5) is 0 Å². The first-order valence-electron chi connectivity index (χ1n) is 12.4. The number of phenols is 1. The highest BCUT2D eigenvalue weighted by Gasteiger charge is 2.26. The zero-order chi connectivity index (χ0) is 25.5. The minimum absolute atomic E-state index is 0.0883. The lowest BCUT2D eigenvalue weighted by atomic mass is 9.89. The van der Waals surface area contributed by atoms with Crippen LogP contribution >= 0.6 is 0 Å². The molecule has 2 aromatic carbocycles. The molecule has 4 rings (SSSR count). The summed E-state index contributed by atoms with van der Waals surface area (Å²) in [6.45, 7) is 5.00. The van der Waals surface area contributed by atoms with Gasteiger partial charge in [0.15, 0.2) is 11.5 Å². The lowest BCUT2D eigenvalue weighted by Crippen LogP contribution is -2.34. The number of para-hydroxylation sites is 1. The number of benzene rings is 2. The monoisotopic (exact) mass is 489 g/mol. The van der Waals surface area contributed by atoms with Crippen LogP contribution in [0.3, 0.4) is 0 Å². The zero-order valence-corrected chi connectivity index (χ0v) is 21.3. The normalized spacial score (nSPS) is 14.4. The standard InChI is InChI=1S/C29H35N3O4/c1-20-8-10-24(29(34)30-15-12-21-9-11-26(35-2)27(18-21)36-3)28(31-20)22-13-16-32(17-14-22)19-23-6-4-5-7-25(23)33/h4-11,18,22,33H,12-17,19H2,1-3H3,(H,30,34). The fourth-order valence-electron chi connectivity index (χ4n) is 4.78. The van der Waals surface area contributed by atoms with E-state index in [0.717, 1.165) is 55.0 Å². The highest BCUT2D eigenvalue weighted by atomic mass is 16.5. The van der Waals surface area contributed by atoms with Crippen molar-refractivity contribution >= 4 is 5.91 Å². The van der Waals surface area contributed by atoms with E-state index in [-0.39, 0.29) is 11.8 Å². The summed E-state index contributed by atoms with van der Waals surface area (Å²) < 4.78 is 10.7. The van der Waals surface area contributed by atoms with Crippen molar-refractivity contribution in [3.05, 3.63) is 82.7 Å². The fourth-order valence-corrected chi connectivity index (χ4v) is 4.78. The molecule has 1 aliphatic rings. The number of hydrogen-bond acceptors (Lipinski definition) is 6. The number of hydrogen-bond donors (Lipinski definition) is 2. The van der Waals surface area contributed by atoms with Crippen molar-refractivity contribution < 1.29 is 19.4 Å². The summed E-state index contributed by atoms with van der Waals surface area (Å²) in [7, 11) is 3.23. The number of pyridine rings is 1. The fraction of sp³-hybridized carbons (Fsp3) is 0.379. The van der Waals surface area contributed by atoms with E-state index < -0.39 is 0 Å². The van der Waals surface area contributed by atoms with Gasteiger partial charge in [0.2, 0.25) is 0 Å². The second-order valence-electron chi connectivity index (χ2n) is 9.26. The average molecular weight is 490 g/mol. The van der Waals surface area contributed by atoms with Crippen LogP contribution in [0.1, 0.15) is 51.6 Å². The Hall–Kier alpha value is -3.58. The van der Waals surface area contributed by atoms with Gasteiger partial charge in [-0.1, -0.05) is 24.3 Å². The average Bonchev–Trinajstić information content (AvgIpc) is 2.90. The van der Waals surface area contributed by atoms with Crippen LogP contribution in [-0.2, 0) is 13.0 Å². The SMILES string of the molecule is COc1ccc(CCNC(=O)c2ccc(C)nc2C2CCN(Cc3ccccc3O)CC2)cc1OC. The Morgan fingerprint density at radius 1 is 1.06 bits per heavy atom. The van der Waals surface area contributed by atoms with E-state index in [1.807, 2.05) is 55.5 Å². The topological polar surface area (TPSA) is 83.9 Å². The Kier molecular flexibility index (Phi) is 8.44. The number of piperidine rings is 1. The molecule has 2 N–H and O–H groups in total. The summed E-state index contributed by atoms with van der Waals surface area (Å²) >= 11 is 0. The molecule has 0 radical (unpaired) electrons. The summed E-state index contributed by atoms with van der Waals surface area (Å²) in [6.07, 6.45) is 2.54. The maximum Gasteiger partial charge on any atom is 0.253 e. The second kappa shape index (κ2) is 11.9. The molecule has 0 bridgehead atoms. The molecule has 1 fully saturated rings. The van der Waals surface area contributed by atoms with Crippen molar-refractivity contribution in [1.29, 1.82) is 0 Å². The third-order valence-corrected chi connectivity index (χ3v) is 6.82. The molecule has 0 unspecified atom stereocenters. The number of aryl methyl sites for hydroxylation is 1. The van der Waals surface area contributed by atoms with E-state index in [9.17, 15) is 9.90 Å². The summed E-state index contributed by atoms with van der Waals surface area (Å²) in [6, 6.07) is 17.1. The maximum atomic E-state index is 13.1. The first-order valence-corrected chi connectivity index (χ1v) is 12.4. The molecular formula is C29H35N3O4. The van der Waals surface area contributed by atoms with Gasteiger partial charge in [0, 0.05) is 30.3 Å². The highest BCUT2D eigenvalue weighted by Crippen LogP contribution is 2.31. The molecule has 1 aliphatic heterocycles. The van der Waals surface area contributed by atoms with E-state index >= 15 is 0 Å². The van der Waals surface area contributed by atoms with Crippen molar-refractivity contribution in [2.24, 2.45) is 0 Å². The molecule has 1 aromatic heterocycles. The third kappa shape index (κ3) is 6.15. The lowest BCUT2D eigenvalue weighted by molar-refractivity contribution is 0.0951. The van der Waals surface area contributed by atoms with Gasteiger partial charge < -0.3 is 19.9 Å². The van der Waals surface area contributed by atoms with Gasteiger partial charge in [0.05, 0.1) is 25.5 Å². The van der Waals surface area contributed by atoms with Gasteiger partial charge in [-0.2, -0.15) is 0 Å². The predicted octanol–water partition coefficient (Wildman–Crippen LogP) is 4.46. The van der Waals surface area contributed by atoms with E-state index in [4.69, 9.17) is 14.5 Å². The molecule has 190 valence electrons. The number of ether oxygens (including phenoxy) is 2. The van der Waals surface area contributed by atoms with Crippen molar-refractivity contribution in [3.8, 4) is 17.2 Å². The molecule has 36 heavy (non-hydrogen) atoms. The molecule has 0 aliphatic carbocycles. The number of carbonyl (C=O) groups excluding carboxylic acids is 1. The first kappa shape index (κ1) is 25.5. The molecule has 7 heteroatoms. The summed E-state index contributed by atoms with van der Waals surface area (Å²) in [5.41, 5.74) is 4.47. The van der Waals surface area contributed by atoms with E-state index in [2.05, 4.69) is 10.2 Å². The van der Waals surface area contributed by atoms with Crippen LogP contribution in [0.5, 0.6) is 17.2 Å². The molecule has 2 heterocycles. The highest BCUT2D eigenvalue weighted by molar-refractivity contribution is 5.95. The van der Waals surface area contributed by atoms with E-state index in [1.54, 1.807) is 20.3 Å². The quantitative estimate of drug-likeness (QED) is 0.462. The maximum absolute atomic E-state index is 13.1. The van der Waals surface area contributed by atoms with Crippen LogP contribution in [0, 0.1) is 6.92 Å². The number of amides is 1. The molecule has 1 saturated heterocycles. The van der Waals surface area contributed by atoms with Crippen LogP contribution in [0.15, 0.2) is 54.6 Å². The number of nitrogens with one attached hydrogen (secondary N) is 1. The van der Waals surface area contributed by atoms with Crippen LogP contribution in [0.25, 0.3) is 0 Å². The number of nitrogens with zero attached hydrogens (tertiary/aromatic N) is 2. The first-order chi connectivity index (χ1) is 17.5. The van der Waals surface area contributed by atoms with Gasteiger partial charge in [-0.05, 0) is 75.2 Å². The molecule has 0 atom stereocenters. The Balaban J connectivity index is 1.37. The van der Waals surface area contributed by atoms with E-state index in [0.29, 0.717) is 35.8 Å². The largest absolute Gasteiger partial charge is 0.508 e. The Morgan fingerprint density at radius 3 is 2.53 bits per heavy atom. The van der Waals surface area contributed by atoms with Gasteiger partial charge in [0.1, 0.15) is 5.75 Å². The van der Waals surface area contributed by atoms with Gasteiger partial charge in [-0.25, -0.2) is 0 Å². The predicted molar refractivity (Wildman–Crippen MR) is 140 cm³/mol. The number of likely N-dealkylation sites (tertiary alicyclic amines) is 1. The molecule has 0 spiro atoms. The number of phenolic OH excluding ortho intramolecular Hbond substituents is 1. The number of aromatic hydroxyl groups is 1. The van der Waals surface area contributed by atoms with Gasteiger partial charge in [-0.3, -0.25) is 14.7 Å². The second-order valence-corrected chi connectivity index (χ2v) is 9.26. The minimum Gasteiger partial charge on any atom is -0.508 e. The number of methoxy groups -OCH3 is 2. The van der Waals surface area contributed by atoms with Gasteiger partial charge in [-0.15, -0.1) is 0 Å². The Labute approximate surface area is 213 Å². The number of rotatable bonds is 9. The van der Waals surface area contributed by atoms with E-state index in [1.165, 1.54) is 0 Å². The van der Waals surface area contributed by atoms with Crippen LogP contribution < -0.4 is 14.8 Å². The van der Waals surface area contributed by atoms with Crippen molar-refractivity contribution in [1.82, 2.24) is 15.2 Å². The summed E-state index contributed by atoms with van der Waals surface area (Å²) in [5, 5.41) is 13.2. The number of aromatic nitrogens is 1. The Morgan fingerprint density at radius 2 is 1.81 bits per heavy atom. The van der Waals surface area contributed by atoms with Crippen molar-refractivity contribution in [2.75, 3.05) is 33.9 Å². The molecule has 3 aromatic rings. The van der Waals surface area contributed by atoms with Crippen molar-refractivity contribution in [2.45, 2.75) is 38.6 Å². The molecule has 0 saturated carbocycles. The zero-order valence-electron chi connectivity index (χ0n) is 21.3. The molecule has 1 amide bonds. The van der Waals surface area contributed by atoms with Gasteiger partial charge >= 0.3 is 0 Å². The third-order valence-electron chi connectivity index (χ3n) is 6.82.